The molecule has 25 heavy (non-hydrogen) atoms. The van der Waals surface area contributed by atoms with Gasteiger partial charge in [0.25, 0.3) is 0 Å². The second-order valence-corrected chi connectivity index (χ2v) is 6.31. The summed E-state index contributed by atoms with van der Waals surface area (Å²) >= 11 is 6.11. The van der Waals surface area contributed by atoms with E-state index in [1.165, 1.54) is 0 Å². The molecule has 0 spiro atoms. The predicted octanol–water partition coefficient (Wildman–Crippen LogP) is 2.16. The zero-order valence-electron chi connectivity index (χ0n) is 14.1. The van der Waals surface area contributed by atoms with Gasteiger partial charge < -0.3 is 0 Å². The molecule has 0 unspecified atom stereocenters. The molecule has 0 aliphatic carbocycles. The Kier molecular flexibility index (Phi) is 5.50. The molecule has 3 rings (SSSR count). The number of nitrogens with zero attached hydrogens (tertiary/aromatic N) is 6. The molecule has 0 radical (unpaired) electrons. The molecule has 1 saturated heterocycles. The second kappa shape index (κ2) is 7.79. The van der Waals surface area contributed by atoms with E-state index >= 15 is 0 Å². The number of para-hydroxylation sites is 1. The van der Waals surface area contributed by atoms with Crippen molar-refractivity contribution < 1.29 is 4.79 Å². The number of benzene rings is 1. The van der Waals surface area contributed by atoms with Crippen LogP contribution < -0.4 is 5.69 Å². The molecule has 1 aliphatic heterocycles. The molecule has 1 aromatic carbocycles. The van der Waals surface area contributed by atoms with Crippen LogP contribution in [0.3, 0.4) is 0 Å². The maximum Gasteiger partial charge on any atom is 0.377 e. The molecule has 9 heteroatoms. The summed E-state index contributed by atoms with van der Waals surface area (Å²) in [5.41, 5.74) is -0.239. The second-order valence-electron chi connectivity index (χ2n) is 5.90. The zero-order valence-corrected chi connectivity index (χ0v) is 14.9. The van der Waals surface area contributed by atoms with E-state index in [9.17, 15) is 9.59 Å². The lowest BCUT2D eigenvalue weighted by Crippen LogP contribution is -2.51. The van der Waals surface area contributed by atoms with Gasteiger partial charge in [-0.25, -0.2) is 14.6 Å². The molecular formula is C16H21ClN6O2. The highest BCUT2D eigenvalue weighted by Crippen LogP contribution is 2.17. The van der Waals surface area contributed by atoms with Crippen LogP contribution in [0.4, 0.5) is 4.79 Å². The summed E-state index contributed by atoms with van der Waals surface area (Å²) in [6.07, 6.45) is 4.38. The van der Waals surface area contributed by atoms with Crippen molar-refractivity contribution in [1.29, 1.82) is 0 Å². The highest BCUT2D eigenvalue weighted by molar-refractivity contribution is 6.32. The van der Waals surface area contributed by atoms with Crippen molar-refractivity contribution >= 4 is 17.6 Å². The van der Waals surface area contributed by atoms with Crippen LogP contribution in [0, 0.1) is 0 Å². The van der Waals surface area contributed by atoms with Crippen LogP contribution in [0.2, 0.25) is 5.02 Å². The first-order valence-corrected chi connectivity index (χ1v) is 8.88. The number of carbonyl (C=O) groups is 1. The van der Waals surface area contributed by atoms with Gasteiger partial charge in [-0.05, 0) is 42.3 Å². The topological polar surface area (TPSA) is 76.3 Å². The molecule has 0 saturated carbocycles. The van der Waals surface area contributed by atoms with Crippen molar-refractivity contribution in [2.75, 3.05) is 19.6 Å². The van der Waals surface area contributed by atoms with Crippen molar-refractivity contribution in [3.05, 3.63) is 39.8 Å². The van der Waals surface area contributed by atoms with Crippen molar-refractivity contribution in [2.24, 2.45) is 0 Å². The summed E-state index contributed by atoms with van der Waals surface area (Å²) in [6.45, 7) is 3.94. The van der Waals surface area contributed by atoms with Crippen LogP contribution in [0.25, 0.3) is 5.69 Å². The normalized spacial score (nSPS) is 15.8. The van der Waals surface area contributed by atoms with Gasteiger partial charge in [-0.15, -0.1) is 4.68 Å². The number of amides is 1. The standard InChI is InChI=1S/C16H21ClN6O2/c1-2-21(20-11-7-3-4-8-12-20)15(24)23-16(25)22(18-19-23)14-10-6-5-9-13(14)17/h5-6,9-10H,2-4,7-8,11-12H2,1H3. The fourth-order valence-electron chi connectivity index (χ4n) is 3.00. The predicted molar refractivity (Wildman–Crippen MR) is 93.8 cm³/mol. The number of tetrazole rings is 1. The highest BCUT2D eigenvalue weighted by Gasteiger charge is 2.26. The Balaban J connectivity index is 1.89. The van der Waals surface area contributed by atoms with Gasteiger partial charge in [0.15, 0.2) is 0 Å². The Morgan fingerprint density at radius 2 is 1.84 bits per heavy atom. The van der Waals surface area contributed by atoms with Gasteiger partial charge >= 0.3 is 11.7 Å². The first-order valence-electron chi connectivity index (χ1n) is 8.50. The molecule has 134 valence electrons. The largest absolute Gasteiger partial charge is 0.377 e. The van der Waals surface area contributed by atoms with Crippen molar-refractivity contribution in [3.63, 3.8) is 0 Å². The lowest BCUT2D eigenvalue weighted by atomic mass is 10.2. The van der Waals surface area contributed by atoms with Crippen LogP contribution in [0.15, 0.2) is 29.1 Å². The van der Waals surface area contributed by atoms with Gasteiger partial charge in [-0.3, -0.25) is 5.01 Å². The summed E-state index contributed by atoms with van der Waals surface area (Å²) in [6, 6.07) is 6.31. The Morgan fingerprint density at radius 1 is 1.16 bits per heavy atom. The number of hydrogen-bond acceptors (Lipinski definition) is 5. The van der Waals surface area contributed by atoms with Crippen molar-refractivity contribution in [2.45, 2.75) is 32.6 Å². The molecule has 0 bridgehead atoms. The molecule has 1 aliphatic rings. The third-order valence-corrected chi connectivity index (χ3v) is 4.61. The summed E-state index contributed by atoms with van der Waals surface area (Å²) in [5.74, 6) is 0. The number of hydrazine groups is 1. The van der Waals surface area contributed by atoms with E-state index in [2.05, 4.69) is 10.4 Å². The van der Waals surface area contributed by atoms with E-state index in [-0.39, 0.29) is 0 Å². The van der Waals surface area contributed by atoms with Gasteiger partial charge in [-0.1, -0.05) is 36.6 Å². The zero-order chi connectivity index (χ0) is 17.8. The van der Waals surface area contributed by atoms with Crippen LogP contribution >= 0.6 is 11.6 Å². The number of halogens is 1. The van der Waals surface area contributed by atoms with Gasteiger partial charge in [0.1, 0.15) is 0 Å². The Bertz CT molecular complexity index is 794. The molecule has 0 atom stereocenters. The number of aromatic nitrogens is 4. The fraction of sp³-hybridized carbons (Fsp3) is 0.500. The summed E-state index contributed by atoms with van der Waals surface area (Å²) in [5, 5.41) is 11.5. The van der Waals surface area contributed by atoms with Gasteiger partial charge in [-0.2, -0.15) is 4.68 Å². The van der Waals surface area contributed by atoms with Crippen LogP contribution in [0.1, 0.15) is 32.6 Å². The highest BCUT2D eigenvalue weighted by atomic mass is 35.5. The van der Waals surface area contributed by atoms with Gasteiger partial charge in [0.05, 0.1) is 10.7 Å². The van der Waals surface area contributed by atoms with E-state index < -0.39 is 11.7 Å². The minimum Gasteiger partial charge on any atom is -0.255 e. The number of rotatable bonds is 3. The first kappa shape index (κ1) is 17.6. The molecule has 8 nitrogen and oxygen atoms in total. The van der Waals surface area contributed by atoms with E-state index in [1.54, 1.807) is 29.3 Å². The van der Waals surface area contributed by atoms with E-state index in [4.69, 9.17) is 11.6 Å². The Labute approximate surface area is 150 Å². The minimum absolute atomic E-state index is 0.365. The maximum absolute atomic E-state index is 12.8. The summed E-state index contributed by atoms with van der Waals surface area (Å²) in [4.78, 5) is 25.4. The average molecular weight is 365 g/mol. The smallest absolute Gasteiger partial charge is 0.255 e. The molecule has 2 aromatic rings. The van der Waals surface area contributed by atoms with E-state index in [1.807, 2.05) is 11.9 Å². The number of hydrogen-bond donors (Lipinski definition) is 0. The molecule has 1 aromatic heterocycles. The summed E-state index contributed by atoms with van der Waals surface area (Å²) in [7, 11) is 0. The number of carbonyl (C=O) groups excluding carboxylic acids is 1. The van der Waals surface area contributed by atoms with Gasteiger partial charge in [0, 0.05) is 19.6 Å². The molecular weight excluding hydrogens is 344 g/mol. The minimum atomic E-state index is -0.633. The molecule has 1 fully saturated rings. The maximum atomic E-state index is 12.8. The fourth-order valence-corrected chi connectivity index (χ4v) is 3.22. The molecule has 2 heterocycles. The summed E-state index contributed by atoms with van der Waals surface area (Å²) < 4.78 is 1.83. The van der Waals surface area contributed by atoms with Gasteiger partial charge in [0.2, 0.25) is 0 Å². The quantitative estimate of drug-likeness (QED) is 0.780. The lowest BCUT2D eigenvalue weighted by molar-refractivity contribution is 0.0195. The SMILES string of the molecule is CCN(C(=O)n1nnn(-c2ccccc2Cl)c1=O)N1CCCCCC1. The third-order valence-electron chi connectivity index (χ3n) is 4.29. The van der Waals surface area contributed by atoms with E-state index in [0.29, 0.717) is 17.3 Å². The van der Waals surface area contributed by atoms with Crippen LogP contribution in [-0.4, -0.2) is 55.5 Å². The van der Waals surface area contributed by atoms with Crippen LogP contribution in [0.5, 0.6) is 0 Å². The Hall–Kier alpha value is -2.19. The average Bonchev–Trinajstić information content (AvgIpc) is 2.82. The van der Waals surface area contributed by atoms with Crippen LogP contribution in [-0.2, 0) is 0 Å². The van der Waals surface area contributed by atoms with Crippen molar-refractivity contribution in [3.8, 4) is 5.69 Å². The molecule has 0 N–H and O–H groups in total. The van der Waals surface area contributed by atoms with E-state index in [0.717, 1.165) is 48.1 Å². The third kappa shape index (κ3) is 3.59. The lowest BCUT2D eigenvalue weighted by Gasteiger charge is -2.32. The van der Waals surface area contributed by atoms with Crippen molar-refractivity contribution in [1.82, 2.24) is 29.8 Å². The molecule has 1 amide bonds. The monoisotopic (exact) mass is 364 g/mol. The first-order chi connectivity index (χ1) is 12.1. The Morgan fingerprint density at radius 3 is 2.48 bits per heavy atom.